The summed E-state index contributed by atoms with van der Waals surface area (Å²) in [6, 6.07) is 6.80. The third-order valence-corrected chi connectivity index (χ3v) is 2.17. The van der Waals surface area contributed by atoms with Crippen molar-refractivity contribution in [1.29, 1.82) is 0 Å². The Balaban J connectivity index is 2.78. The molecule has 0 fully saturated rings. The van der Waals surface area contributed by atoms with Gasteiger partial charge in [0.15, 0.2) is 6.10 Å². The van der Waals surface area contributed by atoms with Crippen molar-refractivity contribution in [3.05, 3.63) is 34.3 Å². The number of carbonyl (C=O) groups excluding carboxylic acids is 1. The molecule has 0 aliphatic rings. The summed E-state index contributed by atoms with van der Waals surface area (Å²) in [6.07, 6.45) is -1.89. The number of hydrogen-bond acceptors (Lipinski definition) is 2. The lowest BCUT2D eigenvalue weighted by molar-refractivity contribution is 0.0892. The summed E-state index contributed by atoms with van der Waals surface area (Å²) in [7, 11) is 0. The van der Waals surface area contributed by atoms with E-state index in [4.69, 9.17) is 5.73 Å². The molecule has 1 rings (SSSR count). The number of rotatable bonds is 3. The van der Waals surface area contributed by atoms with Crippen molar-refractivity contribution in [2.75, 3.05) is 6.67 Å². The SMILES string of the molecule is NC(=O)OC(CF)c1ccc(Br)cc1. The van der Waals surface area contributed by atoms with Crippen molar-refractivity contribution < 1.29 is 13.9 Å². The van der Waals surface area contributed by atoms with E-state index >= 15 is 0 Å². The molecule has 1 aromatic rings. The molecule has 3 nitrogen and oxygen atoms in total. The lowest BCUT2D eigenvalue weighted by Crippen LogP contribution is -2.18. The Bertz CT molecular complexity index is 315. The fourth-order valence-corrected chi connectivity index (χ4v) is 1.27. The van der Waals surface area contributed by atoms with Crippen LogP contribution in [-0.2, 0) is 4.74 Å². The molecular weight excluding hydrogens is 253 g/mol. The Morgan fingerprint density at radius 1 is 1.50 bits per heavy atom. The minimum atomic E-state index is -0.976. The van der Waals surface area contributed by atoms with E-state index in [1.165, 1.54) is 0 Å². The van der Waals surface area contributed by atoms with Crippen LogP contribution in [0.3, 0.4) is 0 Å². The van der Waals surface area contributed by atoms with Gasteiger partial charge >= 0.3 is 6.09 Å². The van der Waals surface area contributed by atoms with E-state index in [9.17, 15) is 9.18 Å². The van der Waals surface area contributed by atoms with Crippen LogP contribution in [0.25, 0.3) is 0 Å². The molecule has 0 radical (unpaired) electrons. The quantitative estimate of drug-likeness (QED) is 0.910. The van der Waals surface area contributed by atoms with Crippen LogP contribution in [0, 0.1) is 0 Å². The van der Waals surface area contributed by atoms with Gasteiger partial charge in [0, 0.05) is 4.47 Å². The van der Waals surface area contributed by atoms with Gasteiger partial charge < -0.3 is 10.5 Å². The maximum atomic E-state index is 12.5. The van der Waals surface area contributed by atoms with Crippen LogP contribution < -0.4 is 5.73 Å². The smallest absolute Gasteiger partial charge is 0.405 e. The summed E-state index contributed by atoms with van der Waals surface area (Å²) in [4.78, 5) is 10.4. The van der Waals surface area contributed by atoms with Gasteiger partial charge in [-0.3, -0.25) is 0 Å². The van der Waals surface area contributed by atoms with Gasteiger partial charge in [-0.25, -0.2) is 9.18 Å². The molecule has 0 aromatic heterocycles. The summed E-state index contributed by atoms with van der Waals surface area (Å²) in [5.41, 5.74) is 5.38. The first-order valence-electron chi connectivity index (χ1n) is 3.91. The number of ether oxygens (including phenoxy) is 1. The van der Waals surface area contributed by atoms with E-state index in [1.807, 2.05) is 0 Å². The minimum absolute atomic E-state index is 0.578. The van der Waals surface area contributed by atoms with E-state index in [-0.39, 0.29) is 0 Å². The van der Waals surface area contributed by atoms with E-state index < -0.39 is 18.9 Å². The predicted molar refractivity (Wildman–Crippen MR) is 53.5 cm³/mol. The Hall–Kier alpha value is -1.10. The number of halogens is 2. The van der Waals surface area contributed by atoms with Crippen molar-refractivity contribution in [2.24, 2.45) is 5.73 Å². The molecule has 14 heavy (non-hydrogen) atoms. The van der Waals surface area contributed by atoms with Crippen LogP contribution in [0.2, 0.25) is 0 Å². The highest BCUT2D eigenvalue weighted by molar-refractivity contribution is 9.10. The second kappa shape index (κ2) is 4.95. The number of primary amides is 1. The largest absolute Gasteiger partial charge is 0.439 e. The molecule has 0 saturated heterocycles. The fraction of sp³-hybridized carbons (Fsp3) is 0.222. The van der Waals surface area contributed by atoms with Crippen molar-refractivity contribution >= 4 is 22.0 Å². The zero-order valence-corrected chi connectivity index (χ0v) is 8.83. The van der Waals surface area contributed by atoms with Gasteiger partial charge in [0.1, 0.15) is 6.67 Å². The highest BCUT2D eigenvalue weighted by Gasteiger charge is 2.14. The first kappa shape index (κ1) is 11.0. The van der Waals surface area contributed by atoms with Gasteiger partial charge in [-0.15, -0.1) is 0 Å². The zero-order valence-electron chi connectivity index (χ0n) is 7.24. The fourth-order valence-electron chi connectivity index (χ4n) is 1.01. The normalized spacial score (nSPS) is 12.1. The summed E-state index contributed by atoms with van der Waals surface area (Å²) in [6.45, 7) is -0.787. The number of benzene rings is 1. The van der Waals surface area contributed by atoms with Gasteiger partial charge in [0.25, 0.3) is 0 Å². The van der Waals surface area contributed by atoms with Gasteiger partial charge in [-0.1, -0.05) is 28.1 Å². The first-order chi connectivity index (χ1) is 6.63. The van der Waals surface area contributed by atoms with Crippen LogP contribution in [0.4, 0.5) is 9.18 Å². The lowest BCUT2D eigenvalue weighted by Gasteiger charge is -2.12. The van der Waals surface area contributed by atoms with E-state index in [2.05, 4.69) is 20.7 Å². The van der Waals surface area contributed by atoms with Crippen LogP contribution in [0.15, 0.2) is 28.7 Å². The average molecular weight is 262 g/mol. The van der Waals surface area contributed by atoms with Crippen LogP contribution >= 0.6 is 15.9 Å². The molecule has 1 atom stereocenters. The molecule has 0 aliphatic carbocycles. The molecule has 2 N–H and O–H groups in total. The molecule has 5 heteroatoms. The second-order valence-electron chi connectivity index (χ2n) is 2.63. The molecule has 76 valence electrons. The number of hydrogen-bond donors (Lipinski definition) is 1. The van der Waals surface area contributed by atoms with E-state index in [0.717, 1.165) is 4.47 Å². The molecule has 0 aliphatic heterocycles. The van der Waals surface area contributed by atoms with Crippen molar-refractivity contribution in [1.82, 2.24) is 0 Å². The molecule has 0 spiro atoms. The topological polar surface area (TPSA) is 52.3 Å². The minimum Gasteiger partial charge on any atom is -0.439 e. The third kappa shape index (κ3) is 2.99. The molecule has 0 heterocycles. The summed E-state index contributed by atoms with van der Waals surface area (Å²) in [5, 5.41) is 0. The molecule has 0 bridgehead atoms. The summed E-state index contributed by atoms with van der Waals surface area (Å²) in [5.74, 6) is 0. The predicted octanol–water partition coefficient (Wildman–Crippen LogP) is 2.56. The Morgan fingerprint density at radius 2 is 2.07 bits per heavy atom. The molecule has 1 amide bonds. The maximum Gasteiger partial charge on any atom is 0.405 e. The number of nitrogens with two attached hydrogens (primary N) is 1. The van der Waals surface area contributed by atoms with Gasteiger partial charge in [0.05, 0.1) is 0 Å². The first-order valence-corrected chi connectivity index (χ1v) is 4.70. The van der Waals surface area contributed by atoms with Crippen LogP contribution in [-0.4, -0.2) is 12.8 Å². The monoisotopic (exact) mass is 261 g/mol. The van der Waals surface area contributed by atoms with Crippen LogP contribution in [0.5, 0.6) is 0 Å². The van der Waals surface area contributed by atoms with Crippen LogP contribution in [0.1, 0.15) is 11.7 Å². The molecular formula is C9H9BrFNO2. The number of alkyl halides is 1. The molecule has 0 saturated carbocycles. The van der Waals surface area contributed by atoms with E-state index in [0.29, 0.717) is 5.56 Å². The zero-order chi connectivity index (χ0) is 10.6. The second-order valence-corrected chi connectivity index (χ2v) is 3.55. The summed E-state index contributed by atoms with van der Waals surface area (Å²) < 4.78 is 17.9. The lowest BCUT2D eigenvalue weighted by atomic mass is 10.1. The Morgan fingerprint density at radius 3 is 2.50 bits per heavy atom. The standard InChI is InChI=1S/C9H9BrFNO2/c10-7-3-1-6(2-4-7)8(5-11)14-9(12)13/h1-4,8H,5H2,(H2,12,13). The highest BCUT2D eigenvalue weighted by Crippen LogP contribution is 2.20. The van der Waals surface area contributed by atoms with E-state index in [1.54, 1.807) is 24.3 Å². The van der Waals surface area contributed by atoms with Gasteiger partial charge in [-0.2, -0.15) is 0 Å². The van der Waals surface area contributed by atoms with Crippen molar-refractivity contribution in [2.45, 2.75) is 6.10 Å². The summed E-state index contributed by atoms with van der Waals surface area (Å²) >= 11 is 3.24. The maximum absolute atomic E-state index is 12.5. The molecule has 1 unspecified atom stereocenters. The Labute approximate surface area is 89.2 Å². The third-order valence-electron chi connectivity index (χ3n) is 1.64. The number of carbonyl (C=O) groups is 1. The highest BCUT2D eigenvalue weighted by atomic mass is 79.9. The van der Waals surface area contributed by atoms with Gasteiger partial charge in [-0.05, 0) is 17.7 Å². The average Bonchev–Trinajstić information content (AvgIpc) is 2.15. The van der Waals surface area contributed by atoms with Crippen molar-refractivity contribution in [3.63, 3.8) is 0 Å². The Kier molecular flexibility index (Phi) is 3.88. The molecule has 1 aromatic carbocycles. The van der Waals surface area contributed by atoms with Gasteiger partial charge in [0.2, 0.25) is 0 Å². The van der Waals surface area contributed by atoms with Crippen molar-refractivity contribution in [3.8, 4) is 0 Å². The number of amides is 1.